The molecule has 13 rings (SSSR count). The average Bonchev–Trinajstić information content (AvgIpc) is 3.82. The molecule has 0 fully saturated rings. The predicted octanol–water partition coefficient (Wildman–Crippen LogP) is 13.4. The SMILES string of the molecule is C1=C(c2ccccc2)NC(c2ccccc2)=NC1c1cccc2c1-c1cc(-c3ccc4ccccc4c3)ccc1C21c2ccccc2-n2c3ccccc3c3cccc1c32. The van der Waals surface area contributed by atoms with E-state index in [1.54, 1.807) is 0 Å². The number of fused-ring (bicyclic) bond motifs is 13. The van der Waals surface area contributed by atoms with Crippen LogP contribution in [0.1, 0.15) is 45.0 Å². The summed E-state index contributed by atoms with van der Waals surface area (Å²) in [5, 5.41) is 8.77. The third-order valence-corrected chi connectivity index (χ3v) is 13.2. The molecular formula is C57H37N3. The monoisotopic (exact) mass is 763 g/mol. The Labute approximate surface area is 348 Å². The summed E-state index contributed by atoms with van der Waals surface area (Å²) in [5.74, 6) is 0.870. The van der Waals surface area contributed by atoms with Gasteiger partial charge in [-0.25, -0.2) is 0 Å². The zero-order valence-electron chi connectivity index (χ0n) is 32.7. The first-order valence-electron chi connectivity index (χ1n) is 20.8. The van der Waals surface area contributed by atoms with E-state index in [1.807, 2.05) is 0 Å². The van der Waals surface area contributed by atoms with E-state index in [2.05, 4.69) is 222 Å². The summed E-state index contributed by atoms with van der Waals surface area (Å²) >= 11 is 0. The molecule has 1 aliphatic carbocycles. The Morgan fingerprint density at radius 2 is 1.13 bits per heavy atom. The molecule has 3 heteroatoms. The Morgan fingerprint density at radius 3 is 2.02 bits per heavy atom. The minimum absolute atomic E-state index is 0.250. The van der Waals surface area contributed by atoms with Crippen LogP contribution in [0, 0.1) is 0 Å². The molecule has 0 saturated heterocycles. The zero-order valence-corrected chi connectivity index (χ0v) is 32.7. The third-order valence-electron chi connectivity index (χ3n) is 13.2. The highest BCUT2D eigenvalue weighted by Gasteiger charge is 2.51. The molecule has 10 aromatic rings. The van der Waals surface area contributed by atoms with Crippen LogP contribution in [0.15, 0.2) is 217 Å². The normalized spacial score (nSPS) is 17.2. The van der Waals surface area contributed by atoms with E-state index in [9.17, 15) is 0 Å². The number of rotatable bonds is 4. The van der Waals surface area contributed by atoms with E-state index >= 15 is 0 Å². The number of aromatic nitrogens is 1. The van der Waals surface area contributed by atoms with Crippen LogP contribution in [0.4, 0.5) is 0 Å². The molecule has 2 atom stereocenters. The van der Waals surface area contributed by atoms with Gasteiger partial charge in [-0.05, 0) is 96.7 Å². The molecule has 0 amide bonds. The van der Waals surface area contributed by atoms with E-state index in [-0.39, 0.29) is 6.04 Å². The van der Waals surface area contributed by atoms with Gasteiger partial charge in [0.2, 0.25) is 0 Å². The Balaban J connectivity index is 1.14. The van der Waals surface area contributed by atoms with Crippen LogP contribution in [0.5, 0.6) is 0 Å². The second-order valence-corrected chi connectivity index (χ2v) is 16.3. The summed E-state index contributed by atoms with van der Waals surface area (Å²) in [5.41, 5.74) is 17.7. The van der Waals surface area contributed by atoms with Gasteiger partial charge in [0.05, 0.1) is 28.2 Å². The number of amidine groups is 1. The third kappa shape index (κ3) is 4.57. The van der Waals surface area contributed by atoms with Gasteiger partial charge in [-0.2, -0.15) is 0 Å². The summed E-state index contributed by atoms with van der Waals surface area (Å²) in [6.45, 7) is 0. The Kier molecular flexibility index (Phi) is 6.99. The largest absolute Gasteiger partial charge is 0.340 e. The van der Waals surface area contributed by atoms with Crippen molar-refractivity contribution in [3.8, 4) is 27.9 Å². The molecule has 9 aromatic carbocycles. The van der Waals surface area contributed by atoms with Gasteiger partial charge in [-0.1, -0.05) is 182 Å². The van der Waals surface area contributed by atoms with Crippen LogP contribution in [-0.2, 0) is 5.41 Å². The maximum atomic E-state index is 5.57. The topological polar surface area (TPSA) is 29.3 Å². The number of aliphatic imine (C=N–C) groups is 1. The van der Waals surface area contributed by atoms with Gasteiger partial charge < -0.3 is 9.88 Å². The van der Waals surface area contributed by atoms with E-state index in [0.717, 1.165) is 22.7 Å². The van der Waals surface area contributed by atoms with E-state index < -0.39 is 5.41 Å². The van der Waals surface area contributed by atoms with Crippen molar-refractivity contribution in [1.82, 2.24) is 9.88 Å². The maximum absolute atomic E-state index is 5.57. The first-order valence-corrected chi connectivity index (χ1v) is 20.8. The first-order chi connectivity index (χ1) is 29.8. The molecular weight excluding hydrogens is 727 g/mol. The maximum Gasteiger partial charge on any atom is 0.133 e. The summed E-state index contributed by atoms with van der Waals surface area (Å²) in [6, 6.07) is 75.6. The smallest absolute Gasteiger partial charge is 0.133 e. The van der Waals surface area contributed by atoms with Crippen molar-refractivity contribution in [1.29, 1.82) is 0 Å². The van der Waals surface area contributed by atoms with E-state index in [1.165, 1.54) is 88.3 Å². The zero-order chi connectivity index (χ0) is 39.4. The van der Waals surface area contributed by atoms with Crippen LogP contribution in [0.3, 0.4) is 0 Å². The molecule has 0 saturated carbocycles. The molecule has 3 nitrogen and oxygen atoms in total. The highest BCUT2D eigenvalue weighted by molar-refractivity contribution is 6.13. The number of nitrogens with one attached hydrogen (secondary N) is 1. The molecule has 2 unspecified atom stereocenters. The van der Waals surface area contributed by atoms with Crippen molar-refractivity contribution < 1.29 is 0 Å². The van der Waals surface area contributed by atoms with Crippen LogP contribution in [0.25, 0.3) is 66.2 Å². The standard InChI is InChI=1S/C57H37N3/c1-3-16-37(17-4-1)50-35-51(59-56(58-50)38-18-5-2-6-19-38)44-23-14-25-48-54(44)45-34-41(40-30-29-36-15-7-8-20-39(36)33-40)31-32-46(45)57(48)47-24-10-12-28-53(47)60-52-27-11-9-21-42(52)43-22-13-26-49(57)55(43)60/h1-35,51H,(H,58,59). The van der Waals surface area contributed by atoms with Gasteiger partial charge >= 0.3 is 0 Å². The highest BCUT2D eigenvalue weighted by atomic mass is 15.0. The van der Waals surface area contributed by atoms with Crippen LogP contribution in [-0.4, -0.2) is 10.4 Å². The lowest BCUT2D eigenvalue weighted by Crippen LogP contribution is -2.33. The highest BCUT2D eigenvalue weighted by Crippen LogP contribution is 2.62. The van der Waals surface area contributed by atoms with Gasteiger partial charge in [0.25, 0.3) is 0 Å². The summed E-state index contributed by atoms with van der Waals surface area (Å²) in [7, 11) is 0. The lowest BCUT2D eigenvalue weighted by molar-refractivity contribution is 0.747. The molecule has 2 aliphatic heterocycles. The van der Waals surface area contributed by atoms with Gasteiger partial charge in [-0.3, -0.25) is 4.99 Å². The van der Waals surface area contributed by atoms with Gasteiger partial charge in [0.1, 0.15) is 5.84 Å². The first kappa shape index (κ1) is 33.2. The predicted molar refractivity (Wildman–Crippen MR) is 248 cm³/mol. The minimum atomic E-state index is -0.575. The van der Waals surface area contributed by atoms with E-state index in [4.69, 9.17) is 4.99 Å². The second-order valence-electron chi connectivity index (χ2n) is 16.3. The van der Waals surface area contributed by atoms with Gasteiger partial charge in [0.15, 0.2) is 0 Å². The molecule has 280 valence electrons. The lowest BCUT2D eigenvalue weighted by Gasteiger charge is -2.39. The molecule has 0 radical (unpaired) electrons. The molecule has 60 heavy (non-hydrogen) atoms. The number of hydrogen-bond acceptors (Lipinski definition) is 2. The Morgan fingerprint density at radius 1 is 0.467 bits per heavy atom. The van der Waals surface area contributed by atoms with Gasteiger partial charge in [-0.15, -0.1) is 0 Å². The fourth-order valence-corrected chi connectivity index (χ4v) is 10.7. The van der Waals surface area contributed by atoms with Crippen molar-refractivity contribution in [2.75, 3.05) is 0 Å². The van der Waals surface area contributed by atoms with Crippen LogP contribution in [0.2, 0.25) is 0 Å². The summed E-state index contributed by atoms with van der Waals surface area (Å²) in [4.78, 5) is 5.57. The minimum Gasteiger partial charge on any atom is -0.340 e. The van der Waals surface area contributed by atoms with Crippen molar-refractivity contribution in [3.05, 3.63) is 251 Å². The number of nitrogens with zero attached hydrogens (tertiary/aromatic N) is 2. The van der Waals surface area contributed by atoms with Crippen molar-refractivity contribution in [3.63, 3.8) is 0 Å². The Hall–Kier alpha value is -7.75. The lowest BCUT2D eigenvalue weighted by atomic mass is 9.65. The Bertz CT molecular complexity index is 3410. The quantitative estimate of drug-likeness (QED) is 0.190. The number of hydrogen-bond donors (Lipinski definition) is 1. The average molecular weight is 764 g/mol. The number of para-hydroxylation sites is 3. The molecule has 1 N–H and O–H groups in total. The van der Waals surface area contributed by atoms with Crippen molar-refractivity contribution >= 4 is 44.1 Å². The van der Waals surface area contributed by atoms with E-state index in [0.29, 0.717) is 0 Å². The molecule has 1 aromatic heterocycles. The van der Waals surface area contributed by atoms with Gasteiger partial charge in [0, 0.05) is 22.0 Å². The van der Waals surface area contributed by atoms with Crippen molar-refractivity contribution in [2.24, 2.45) is 4.99 Å². The van der Waals surface area contributed by atoms with Crippen molar-refractivity contribution in [2.45, 2.75) is 11.5 Å². The summed E-state index contributed by atoms with van der Waals surface area (Å²) in [6.07, 6.45) is 2.32. The fourth-order valence-electron chi connectivity index (χ4n) is 10.7. The fraction of sp³-hybridized carbons (Fsp3) is 0.0351. The molecule has 1 spiro atoms. The summed E-state index contributed by atoms with van der Waals surface area (Å²) < 4.78 is 2.52. The molecule has 0 bridgehead atoms. The van der Waals surface area contributed by atoms with Crippen LogP contribution < -0.4 is 5.32 Å². The number of benzene rings is 9. The second kappa shape index (κ2) is 12.6. The van der Waals surface area contributed by atoms with Crippen LogP contribution >= 0.6 is 0 Å². The molecule has 3 heterocycles. The molecule has 3 aliphatic rings.